The first kappa shape index (κ1) is 15.8. The third-order valence-corrected chi connectivity index (χ3v) is 4.66. The molecular weight excluding hydrogens is 307 g/mol. The Bertz CT molecular complexity index is 539. The Labute approximate surface area is 135 Å². The summed E-state index contributed by atoms with van der Waals surface area (Å²) in [5.41, 5.74) is 0.657. The fourth-order valence-electron chi connectivity index (χ4n) is 2.76. The van der Waals surface area contributed by atoms with Crippen molar-refractivity contribution in [2.24, 2.45) is 0 Å². The van der Waals surface area contributed by atoms with Gasteiger partial charge in [-0.3, -0.25) is 0 Å². The standard InChI is InChI=1S/C16H22ClFN2O2/c1-19(2)7-8-21-15-10-14(13(18)9-12(15)17)20-5-3-16(4-6-20)11-22-16/h9-10H,3-8,11H2,1-2H3. The summed E-state index contributed by atoms with van der Waals surface area (Å²) >= 11 is 6.09. The lowest BCUT2D eigenvalue weighted by Gasteiger charge is -2.32. The van der Waals surface area contributed by atoms with Crippen molar-refractivity contribution in [3.63, 3.8) is 0 Å². The Balaban J connectivity index is 1.70. The van der Waals surface area contributed by atoms with Crippen molar-refractivity contribution >= 4 is 17.3 Å². The lowest BCUT2D eigenvalue weighted by Crippen LogP contribution is -2.38. The van der Waals surface area contributed by atoms with Gasteiger partial charge in [0.1, 0.15) is 18.2 Å². The second kappa shape index (κ2) is 6.22. The Morgan fingerprint density at radius 1 is 1.36 bits per heavy atom. The van der Waals surface area contributed by atoms with Crippen LogP contribution in [0.25, 0.3) is 0 Å². The van der Waals surface area contributed by atoms with Crippen LogP contribution in [-0.4, -0.2) is 57.4 Å². The van der Waals surface area contributed by atoms with Crippen molar-refractivity contribution in [1.82, 2.24) is 4.90 Å². The molecule has 1 aromatic carbocycles. The number of ether oxygens (including phenoxy) is 2. The van der Waals surface area contributed by atoms with Crippen LogP contribution in [0.2, 0.25) is 5.02 Å². The first-order valence-corrected chi connectivity index (χ1v) is 8.02. The summed E-state index contributed by atoms with van der Waals surface area (Å²) in [7, 11) is 3.95. The Kier molecular flexibility index (Phi) is 4.48. The summed E-state index contributed by atoms with van der Waals surface area (Å²) in [5.74, 6) is 0.250. The third kappa shape index (κ3) is 3.47. The summed E-state index contributed by atoms with van der Waals surface area (Å²) in [6.45, 7) is 3.76. The molecule has 1 spiro atoms. The number of piperidine rings is 1. The number of anilines is 1. The number of hydrogen-bond acceptors (Lipinski definition) is 4. The highest BCUT2D eigenvalue weighted by Gasteiger charge is 2.46. The van der Waals surface area contributed by atoms with Crippen molar-refractivity contribution in [3.8, 4) is 5.75 Å². The van der Waals surface area contributed by atoms with Crippen molar-refractivity contribution < 1.29 is 13.9 Å². The fourth-order valence-corrected chi connectivity index (χ4v) is 2.96. The number of likely N-dealkylation sites (N-methyl/N-ethyl adjacent to an activating group) is 1. The van der Waals surface area contributed by atoms with Gasteiger partial charge in [-0.2, -0.15) is 0 Å². The molecule has 0 amide bonds. The Morgan fingerprint density at radius 2 is 2.05 bits per heavy atom. The molecule has 0 unspecified atom stereocenters. The van der Waals surface area contributed by atoms with Gasteiger partial charge < -0.3 is 19.3 Å². The molecule has 2 saturated heterocycles. The highest BCUT2D eigenvalue weighted by atomic mass is 35.5. The normalized spacial score (nSPS) is 19.8. The summed E-state index contributed by atoms with van der Waals surface area (Å²) in [6, 6.07) is 3.07. The Hall–Kier alpha value is -1.04. The zero-order valence-electron chi connectivity index (χ0n) is 13.1. The van der Waals surface area contributed by atoms with E-state index in [1.165, 1.54) is 6.07 Å². The highest BCUT2D eigenvalue weighted by molar-refractivity contribution is 6.32. The molecule has 3 rings (SSSR count). The van der Waals surface area contributed by atoms with Crippen LogP contribution in [0, 0.1) is 5.82 Å². The monoisotopic (exact) mass is 328 g/mol. The third-order valence-electron chi connectivity index (χ3n) is 4.37. The second-order valence-corrected chi connectivity index (χ2v) is 6.75. The zero-order chi connectivity index (χ0) is 15.7. The number of nitrogens with zero attached hydrogens (tertiary/aromatic N) is 2. The number of rotatable bonds is 5. The van der Waals surface area contributed by atoms with Crippen LogP contribution in [0.1, 0.15) is 12.8 Å². The average molecular weight is 329 g/mol. The van der Waals surface area contributed by atoms with Gasteiger partial charge in [0, 0.05) is 25.7 Å². The van der Waals surface area contributed by atoms with Gasteiger partial charge in [-0.15, -0.1) is 0 Å². The quantitative estimate of drug-likeness (QED) is 0.777. The summed E-state index contributed by atoms with van der Waals surface area (Å²) in [5, 5.41) is 0.319. The number of hydrogen-bond donors (Lipinski definition) is 0. The first-order chi connectivity index (χ1) is 10.5. The maximum atomic E-state index is 14.3. The van der Waals surface area contributed by atoms with E-state index in [2.05, 4.69) is 4.90 Å². The lowest BCUT2D eigenvalue weighted by atomic mass is 9.97. The molecule has 0 atom stereocenters. The summed E-state index contributed by atoms with van der Waals surface area (Å²) in [4.78, 5) is 4.08. The van der Waals surface area contributed by atoms with Gasteiger partial charge in [-0.1, -0.05) is 11.6 Å². The van der Waals surface area contributed by atoms with E-state index in [0.717, 1.165) is 39.1 Å². The molecular formula is C16H22ClFN2O2. The molecule has 22 heavy (non-hydrogen) atoms. The second-order valence-electron chi connectivity index (χ2n) is 6.34. The maximum absolute atomic E-state index is 14.3. The van der Waals surface area contributed by atoms with E-state index in [-0.39, 0.29) is 11.4 Å². The van der Waals surface area contributed by atoms with Crippen molar-refractivity contribution in [2.45, 2.75) is 18.4 Å². The summed E-state index contributed by atoms with van der Waals surface area (Å²) in [6.07, 6.45) is 1.90. The van der Waals surface area contributed by atoms with Crippen LogP contribution in [0.15, 0.2) is 12.1 Å². The van der Waals surface area contributed by atoms with Crippen molar-refractivity contribution in [2.75, 3.05) is 51.8 Å². The Morgan fingerprint density at radius 3 is 2.64 bits per heavy atom. The minimum atomic E-state index is -0.294. The van der Waals surface area contributed by atoms with Crippen LogP contribution in [0.4, 0.5) is 10.1 Å². The van der Waals surface area contributed by atoms with E-state index in [9.17, 15) is 4.39 Å². The molecule has 0 aromatic heterocycles. The molecule has 2 heterocycles. The lowest BCUT2D eigenvalue weighted by molar-refractivity contribution is 0.257. The maximum Gasteiger partial charge on any atom is 0.148 e. The van der Waals surface area contributed by atoms with E-state index in [0.29, 0.717) is 23.1 Å². The molecule has 2 fully saturated rings. The molecule has 2 aliphatic heterocycles. The molecule has 6 heteroatoms. The minimum Gasteiger partial charge on any atom is -0.491 e. The zero-order valence-corrected chi connectivity index (χ0v) is 13.8. The van der Waals surface area contributed by atoms with Gasteiger partial charge in [-0.05, 0) is 33.0 Å². The van der Waals surface area contributed by atoms with Crippen LogP contribution < -0.4 is 9.64 Å². The molecule has 0 radical (unpaired) electrons. The topological polar surface area (TPSA) is 28.2 Å². The molecule has 1 aromatic rings. The van der Waals surface area contributed by atoms with E-state index >= 15 is 0 Å². The van der Waals surface area contributed by atoms with Gasteiger partial charge >= 0.3 is 0 Å². The first-order valence-electron chi connectivity index (χ1n) is 7.65. The SMILES string of the molecule is CN(C)CCOc1cc(N2CCC3(CC2)CO3)c(F)cc1Cl. The van der Waals surface area contributed by atoms with Gasteiger partial charge in [0.2, 0.25) is 0 Å². The van der Waals surface area contributed by atoms with Crippen LogP contribution in [0.5, 0.6) is 5.75 Å². The predicted molar refractivity (Wildman–Crippen MR) is 85.6 cm³/mol. The van der Waals surface area contributed by atoms with E-state index in [1.807, 2.05) is 19.0 Å². The average Bonchev–Trinajstić information content (AvgIpc) is 3.22. The molecule has 122 valence electrons. The van der Waals surface area contributed by atoms with Gasteiger partial charge in [0.15, 0.2) is 0 Å². The molecule has 0 saturated carbocycles. The number of epoxide rings is 1. The fraction of sp³-hybridized carbons (Fsp3) is 0.625. The van der Waals surface area contributed by atoms with E-state index in [1.54, 1.807) is 6.07 Å². The molecule has 2 aliphatic rings. The smallest absolute Gasteiger partial charge is 0.148 e. The molecule has 4 nitrogen and oxygen atoms in total. The van der Waals surface area contributed by atoms with Gasteiger partial charge in [0.05, 0.1) is 22.9 Å². The van der Waals surface area contributed by atoms with Crippen molar-refractivity contribution in [1.29, 1.82) is 0 Å². The van der Waals surface area contributed by atoms with Crippen molar-refractivity contribution in [3.05, 3.63) is 23.0 Å². The van der Waals surface area contributed by atoms with Crippen LogP contribution >= 0.6 is 11.6 Å². The summed E-state index contributed by atoms with van der Waals surface area (Å²) < 4.78 is 25.4. The van der Waals surface area contributed by atoms with E-state index < -0.39 is 0 Å². The van der Waals surface area contributed by atoms with Gasteiger partial charge in [-0.25, -0.2) is 4.39 Å². The highest BCUT2D eigenvalue weighted by Crippen LogP contribution is 2.40. The molecule has 0 bridgehead atoms. The minimum absolute atomic E-state index is 0.0877. The van der Waals surface area contributed by atoms with Crippen LogP contribution in [0.3, 0.4) is 0 Å². The van der Waals surface area contributed by atoms with Crippen LogP contribution in [-0.2, 0) is 4.74 Å². The molecule has 0 aliphatic carbocycles. The molecule has 0 N–H and O–H groups in total. The van der Waals surface area contributed by atoms with E-state index in [4.69, 9.17) is 21.1 Å². The van der Waals surface area contributed by atoms with Gasteiger partial charge in [0.25, 0.3) is 0 Å². The number of halogens is 2. The predicted octanol–water partition coefficient (Wildman–Crippen LogP) is 2.79. The number of benzene rings is 1. The largest absolute Gasteiger partial charge is 0.491 e.